The van der Waals surface area contributed by atoms with Crippen molar-refractivity contribution in [1.29, 1.82) is 0 Å². The van der Waals surface area contributed by atoms with E-state index < -0.39 is 11.7 Å². The van der Waals surface area contributed by atoms with Gasteiger partial charge in [0.05, 0.1) is 6.21 Å². The molecule has 2 rings (SSSR count). The van der Waals surface area contributed by atoms with E-state index in [0.717, 1.165) is 0 Å². The van der Waals surface area contributed by atoms with Crippen LogP contribution in [0.15, 0.2) is 15.2 Å². The van der Waals surface area contributed by atoms with Gasteiger partial charge in [-0.15, -0.1) is 0 Å². The second-order valence-corrected chi connectivity index (χ2v) is 3.73. The van der Waals surface area contributed by atoms with Gasteiger partial charge in [-0.05, 0) is 5.10 Å². The Morgan fingerprint density at radius 2 is 2.00 bits per heavy atom. The van der Waals surface area contributed by atoms with Gasteiger partial charge in [0.25, 0.3) is 11.5 Å². The molecule has 0 saturated carbocycles. The van der Waals surface area contributed by atoms with Crippen LogP contribution >= 0.6 is 23.2 Å². The van der Waals surface area contributed by atoms with E-state index in [2.05, 4.69) is 5.10 Å². The van der Waals surface area contributed by atoms with Crippen LogP contribution in [0.3, 0.4) is 0 Å². The minimum atomic E-state index is -0.664. The number of halogens is 2. The summed E-state index contributed by atoms with van der Waals surface area (Å²) in [7, 11) is 1.58. The van der Waals surface area contributed by atoms with Crippen LogP contribution in [0.25, 0.3) is 0 Å². The Labute approximate surface area is 89.5 Å². The Kier molecular flexibility index (Phi) is 2.05. The van der Waals surface area contributed by atoms with Crippen LogP contribution in [-0.2, 0) is 9.59 Å². The van der Waals surface area contributed by atoms with Crippen LogP contribution in [0.1, 0.15) is 0 Å². The SMILES string of the molecule is C[N+]1=C2C(=O)C(Cl)=C(Cl)C(=O)C2C=N1. The van der Waals surface area contributed by atoms with Crippen LogP contribution in [0.4, 0.5) is 0 Å². The topological polar surface area (TPSA) is 49.5 Å². The average molecular weight is 232 g/mol. The maximum absolute atomic E-state index is 11.6. The zero-order valence-electron chi connectivity index (χ0n) is 7.12. The lowest BCUT2D eigenvalue weighted by atomic mass is 9.91. The van der Waals surface area contributed by atoms with E-state index in [0.29, 0.717) is 0 Å². The molecule has 0 spiro atoms. The molecule has 0 radical (unpaired) electrons. The summed E-state index contributed by atoms with van der Waals surface area (Å²) in [4.78, 5) is 23.1. The van der Waals surface area contributed by atoms with Crippen molar-refractivity contribution in [3.05, 3.63) is 10.1 Å². The lowest BCUT2D eigenvalue weighted by Crippen LogP contribution is -2.37. The third kappa shape index (κ3) is 1.07. The van der Waals surface area contributed by atoms with Gasteiger partial charge < -0.3 is 0 Å². The smallest absolute Gasteiger partial charge is 0.273 e. The number of Topliss-reactive ketones (excluding diaryl/α,β-unsaturated/α-hetero) is 2. The molecule has 2 aliphatic rings. The van der Waals surface area contributed by atoms with E-state index >= 15 is 0 Å². The summed E-state index contributed by atoms with van der Waals surface area (Å²) < 4.78 is 1.34. The van der Waals surface area contributed by atoms with Crippen LogP contribution in [0.5, 0.6) is 0 Å². The highest BCUT2D eigenvalue weighted by Gasteiger charge is 2.47. The van der Waals surface area contributed by atoms with Gasteiger partial charge in [-0.2, -0.15) is 0 Å². The molecule has 0 saturated heterocycles. The minimum Gasteiger partial charge on any atom is -0.292 e. The van der Waals surface area contributed by atoms with Crippen molar-refractivity contribution in [3.63, 3.8) is 0 Å². The normalized spacial score (nSPS) is 26.4. The van der Waals surface area contributed by atoms with Gasteiger partial charge >= 0.3 is 0 Å². The second-order valence-electron chi connectivity index (χ2n) is 2.97. The highest BCUT2D eigenvalue weighted by molar-refractivity contribution is 6.69. The highest BCUT2D eigenvalue weighted by atomic mass is 35.5. The van der Waals surface area contributed by atoms with Crippen molar-refractivity contribution in [2.24, 2.45) is 11.0 Å². The number of allylic oxidation sites excluding steroid dienone is 2. The van der Waals surface area contributed by atoms with Crippen molar-refractivity contribution in [2.45, 2.75) is 0 Å². The summed E-state index contributed by atoms with van der Waals surface area (Å²) in [5.74, 6) is -1.47. The number of fused-ring (bicyclic) bond motifs is 1. The van der Waals surface area contributed by atoms with E-state index in [1.54, 1.807) is 7.05 Å². The predicted molar refractivity (Wildman–Crippen MR) is 51.9 cm³/mol. The first-order valence-corrected chi connectivity index (χ1v) is 4.58. The van der Waals surface area contributed by atoms with Crippen molar-refractivity contribution < 1.29 is 14.3 Å². The fraction of sp³-hybridized carbons (Fsp3) is 0.250. The van der Waals surface area contributed by atoms with Gasteiger partial charge in [0.2, 0.25) is 0 Å². The molecule has 1 atom stereocenters. The van der Waals surface area contributed by atoms with Crippen molar-refractivity contribution in [2.75, 3.05) is 7.05 Å². The summed E-state index contributed by atoms with van der Waals surface area (Å²) in [6, 6.07) is 0. The Hall–Kier alpha value is -1.00. The maximum Gasteiger partial charge on any atom is 0.273 e. The largest absolute Gasteiger partial charge is 0.292 e. The van der Waals surface area contributed by atoms with E-state index in [4.69, 9.17) is 23.2 Å². The fourth-order valence-electron chi connectivity index (χ4n) is 1.44. The molecule has 1 aliphatic carbocycles. The molecule has 0 aromatic carbocycles. The number of hydrogen-bond donors (Lipinski definition) is 0. The molecule has 1 aliphatic heterocycles. The van der Waals surface area contributed by atoms with E-state index in [1.165, 1.54) is 10.9 Å². The Morgan fingerprint density at radius 3 is 2.64 bits per heavy atom. The lowest BCUT2D eigenvalue weighted by molar-refractivity contribution is -0.498. The Bertz CT molecular complexity index is 448. The molecule has 1 heterocycles. The standard InChI is InChI=1S/C8H5Cl2N2O2/c1-12-6-3(2-11-12)7(13)4(9)5(10)8(6)14/h2-3H,1H3/q+1. The molecule has 0 amide bonds. The number of carbonyl (C=O) groups excluding carboxylic acids is 2. The zero-order valence-corrected chi connectivity index (χ0v) is 8.63. The van der Waals surface area contributed by atoms with E-state index in [-0.39, 0.29) is 21.6 Å². The number of hydrazone groups is 1. The molecule has 0 N–H and O–H groups in total. The minimum absolute atomic E-state index is 0.202. The van der Waals surface area contributed by atoms with Crippen molar-refractivity contribution >= 4 is 46.7 Å². The molecule has 0 aromatic heterocycles. The van der Waals surface area contributed by atoms with E-state index in [9.17, 15) is 9.59 Å². The first-order chi connectivity index (χ1) is 6.54. The van der Waals surface area contributed by atoms with Crippen LogP contribution < -0.4 is 0 Å². The summed E-state index contributed by atoms with van der Waals surface area (Å²) in [6.07, 6.45) is 1.39. The summed E-state index contributed by atoms with van der Waals surface area (Å²) >= 11 is 11.2. The van der Waals surface area contributed by atoms with Crippen molar-refractivity contribution in [1.82, 2.24) is 0 Å². The number of carbonyl (C=O) groups is 2. The van der Waals surface area contributed by atoms with Crippen LogP contribution in [-0.4, -0.2) is 35.2 Å². The summed E-state index contributed by atoms with van der Waals surface area (Å²) in [6.45, 7) is 0. The molecule has 0 aromatic rings. The lowest BCUT2D eigenvalue weighted by Gasteiger charge is -2.11. The average Bonchev–Trinajstić information content (AvgIpc) is 2.54. The van der Waals surface area contributed by atoms with Gasteiger partial charge in [-0.25, -0.2) is 0 Å². The molecule has 0 fully saturated rings. The van der Waals surface area contributed by atoms with Crippen molar-refractivity contribution in [3.8, 4) is 0 Å². The fourth-order valence-corrected chi connectivity index (χ4v) is 1.83. The van der Waals surface area contributed by atoms with Gasteiger partial charge in [0.15, 0.2) is 18.7 Å². The van der Waals surface area contributed by atoms with Gasteiger partial charge in [-0.1, -0.05) is 27.9 Å². The molecular weight excluding hydrogens is 227 g/mol. The Morgan fingerprint density at radius 1 is 1.36 bits per heavy atom. The number of rotatable bonds is 0. The molecule has 72 valence electrons. The van der Waals surface area contributed by atoms with Crippen LogP contribution in [0, 0.1) is 5.92 Å². The quantitative estimate of drug-likeness (QED) is 0.572. The monoisotopic (exact) mass is 231 g/mol. The second kappa shape index (κ2) is 3.00. The first-order valence-electron chi connectivity index (χ1n) is 3.83. The molecule has 4 nitrogen and oxygen atoms in total. The van der Waals surface area contributed by atoms with Gasteiger partial charge in [0, 0.05) is 0 Å². The number of ketones is 2. The molecular formula is C8H5Cl2N2O2+. The predicted octanol–water partition coefficient (Wildman–Crippen LogP) is 0.526. The van der Waals surface area contributed by atoms with Crippen LogP contribution in [0.2, 0.25) is 0 Å². The zero-order chi connectivity index (χ0) is 10.5. The van der Waals surface area contributed by atoms with E-state index in [1.807, 2.05) is 0 Å². The molecule has 1 unspecified atom stereocenters. The number of nitrogens with zero attached hydrogens (tertiary/aromatic N) is 2. The molecule has 6 heteroatoms. The third-order valence-electron chi connectivity index (χ3n) is 2.16. The Balaban J connectivity index is 2.65. The highest BCUT2D eigenvalue weighted by Crippen LogP contribution is 2.28. The third-order valence-corrected chi connectivity index (χ3v) is 2.99. The first kappa shape index (κ1) is 9.55. The van der Waals surface area contributed by atoms with Gasteiger partial charge in [0.1, 0.15) is 10.1 Å². The van der Waals surface area contributed by atoms with Gasteiger partial charge in [-0.3, -0.25) is 9.59 Å². The summed E-state index contributed by atoms with van der Waals surface area (Å²) in [5.41, 5.74) is 0.268. The molecule has 14 heavy (non-hydrogen) atoms. The summed E-state index contributed by atoms with van der Waals surface area (Å²) in [5, 5.41) is 3.41. The maximum atomic E-state index is 11.6. The number of hydrogen-bond acceptors (Lipinski definition) is 3. The molecule has 0 bridgehead atoms.